The first-order chi connectivity index (χ1) is 9.72. The van der Waals surface area contributed by atoms with E-state index in [0.29, 0.717) is 24.0 Å². The zero-order valence-electron chi connectivity index (χ0n) is 11.6. The van der Waals surface area contributed by atoms with E-state index < -0.39 is 0 Å². The third kappa shape index (κ3) is 3.94. The monoisotopic (exact) mass is 294 g/mol. The summed E-state index contributed by atoms with van der Waals surface area (Å²) in [5.74, 6) is 2.67. The Kier molecular flexibility index (Phi) is 5.37. The lowest BCUT2D eigenvalue weighted by Gasteiger charge is -2.03. The number of hydrogen-bond acceptors (Lipinski definition) is 7. The SMILES string of the molecule is COc1ccc(Cc2noc([C@H](N)CCSC)n2)cn1. The molecule has 0 amide bonds. The highest BCUT2D eigenvalue weighted by Gasteiger charge is 2.14. The van der Waals surface area contributed by atoms with E-state index in [9.17, 15) is 0 Å². The quantitative estimate of drug-likeness (QED) is 0.833. The fourth-order valence-electron chi connectivity index (χ4n) is 1.68. The fraction of sp³-hybridized carbons (Fsp3) is 0.462. The molecule has 20 heavy (non-hydrogen) atoms. The molecule has 0 aliphatic rings. The normalized spacial score (nSPS) is 12.3. The molecule has 0 radical (unpaired) electrons. The van der Waals surface area contributed by atoms with Gasteiger partial charge in [0.2, 0.25) is 11.8 Å². The van der Waals surface area contributed by atoms with E-state index in [4.69, 9.17) is 15.0 Å². The van der Waals surface area contributed by atoms with E-state index in [0.717, 1.165) is 17.7 Å². The van der Waals surface area contributed by atoms with Crippen molar-refractivity contribution in [2.24, 2.45) is 5.73 Å². The van der Waals surface area contributed by atoms with E-state index in [1.807, 2.05) is 12.3 Å². The Hall–Kier alpha value is -1.60. The second-order valence-electron chi connectivity index (χ2n) is 4.32. The van der Waals surface area contributed by atoms with Crippen molar-refractivity contribution in [2.75, 3.05) is 19.1 Å². The molecule has 7 heteroatoms. The third-order valence-electron chi connectivity index (χ3n) is 2.80. The molecule has 0 aliphatic heterocycles. The number of hydrogen-bond donors (Lipinski definition) is 1. The Balaban J connectivity index is 1.97. The highest BCUT2D eigenvalue weighted by molar-refractivity contribution is 7.98. The van der Waals surface area contributed by atoms with Gasteiger partial charge in [-0.05, 0) is 24.0 Å². The van der Waals surface area contributed by atoms with E-state index in [1.165, 1.54) is 0 Å². The van der Waals surface area contributed by atoms with Gasteiger partial charge in [0.25, 0.3) is 0 Å². The molecule has 0 saturated carbocycles. The summed E-state index contributed by atoms with van der Waals surface area (Å²) in [6, 6.07) is 3.54. The highest BCUT2D eigenvalue weighted by atomic mass is 32.2. The number of nitrogens with zero attached hydrogens (tertiary/aromatic N) is 3. The molecule has 0 aliphatic carbocycles. The van der Waals surface area contributed by atoms with Crippen LogP contribution in [0.2, 0.25) is 0 Å². The van der Waals surface area contributed by atoms with Crippen molar-refractivity contribution in [3.05, 3.63) is 35.6 Å². The molecular formula is C13H18N4O2S. The second kappa shape index (κ2) is 7.25. The summed E-state index contributed by atoms with van der Waals surface area (Å²) in [5.41, 5.74) is 6.98. The predicted molar refractivity (Wildman–Crippen MR) is 77.8 cm³/mol. The molecule has 2 rings (SSSR count). The maximum Gasteiger partial charge on any atom is 0.243 e. The standard InChI is InChI=1S/C13H18N4O2S/c1-18-12-4-3-9(8-15-12)7-11-16-13(19-17-11)10(14)5-6-20-2/h3-4,8,10H,5-7,14H2,1-2H3/t10-/m1/s1. The number of thioether (sulfide) groups is 1. The summed E-state index contributed by atoms with van der Waals surface area (Å²) in [6.07, 6.45) is 5.17. The van der Waals surface area contributed by atoms with Crippen molar-refractivity contribution in [1.82, 2.24) is 15.1 Å². The van der Waals surface area contributed by atoms with E-state index in [1.54, 1.807) is 31.1 Å². The van der Waals surface area contributed by atoms with Crippen LogP contribution in [0.1, 0.15) is 29.7 Å². The van der Waals surface area contributed by atoms with Gasteiger partial charge in [-0.3, -0.25) is 0 Å². The van der Waals surface area contributed by atoms with Gasteiger partial charge >= 0.3 is 0 Å². The maximum absolute atomic E-state index is 5.99. The van der Waals surface area contributed by atoms with E-state index >= 15 is 0 Å². The minimum Gasteiger partial charge on any atom is -0.481 e. The number of nitrogens with two attached hydrogens (primary N) is 1. The first-order valence-corrected chi connectivity index (χ1v) is 7.68. The minimum absolute atomic E-state index is 0.197. The number of methoxy groups -OCH3 is 1. The lowest BCUT2D eigenvalue weighted by Crippen LogP contribution is -2.11. The zero-order valence-corrected chi connectivity index (χ0v) is 12.4. The summed E-state index contributed by atoms with van der Waals surface area (Å²) in [7, 11) is 1.59. The van der Waals surface area contributed by atoms with Gasteiger partial charge in [0, 0.05) is 18.7 Å². The average molecular weight is 294 g/mol. The fourth-order valence-corrected chi connectivity index (χ4v) is 2.17. The predicted octanol–water partition coefficient (Wildman–Crippen LogP) is 1.82. The van der Waals surface area contributed by atoms with E-state index in [-0.39, 0.29) is 6.04 Å². The van der Waals surface area contributed by atoms with Crippen molar-refractivity contribution in [1.29, 1.82) is 0 Å². The van der Waals surface area contributed by atoms with Gasteiger partial charge in [-0.15, -0.1) is 0 Å². The Bertz CT molecular complexity index is 529. The van der Waals surface area contributed by atoms with Gasteiger partial charge in [0.1, 0.15) is 0 Å². The summed E-state index contributed by atoms with van der Waals surface area (Å²) < 4.78 is 10.2. The van der Waals surface area contributed by atoms with E-state index in [2.05, 4.69) is 15.1 Å². The van der Waals surface area contributed by atoms with Crippen LogP contribution in [0.3, 0.4) is 0 Å². The summed E-state index contributed by atoms with van der Waals surface area (Å²) in [5, 5.41) is 3.95. The summed E-state index contributed by atoms with van der Waals surface area (Å²) >= 11 is 1.75. The first kappa shape index (κ1) is 14.8. The van der Waals surface area contributed by atoms with Gasteiger partial charge in [-0.1, -0.05) is 11.2 Å². The highest BCUT2D eigenvalue weighted by Crippen LogP contribution is 2.15. The molecule has 2 aromatic heterocycles. The van der Waals surface area contributed by atoms with Crippen molar-refractivity contribution in [3.63, 3.8) is 0 Å². The van der Waals surface area contributed by atoms with Crippen LogP contribution in [0.15, 0.2) is 22.9 Å². The summed E-state index contributed by atoms with van der Waals surface area (Å²) in [6.45, 7) is 0. The van der Waals surface area contributed by atoms with Crippen LogP contribution in [0, 0.1) is 0 Å². The van der Waals surface area contributed by atoms with Crippen molar-refractivity contribution in [3.8, 4) is 5.88 Å². The van der Waals surface area contributed by atoms with Crippen LogP contribution in [0.4, 0.5) is 0 Å². The van der Waals surface area contributed by atoms with Crippen LogP contribution in [0.25, 0.3) is 0 Å². The molecule has 108 valence electrons. The Labute approximate surface area is 122 Å². The second-order valence-corrected chi connectivity index (χ2v) is 5.31. The van der Waals surface area contributed by atoms with Crippen LogP contribution in [-0.4, -0.2) is 34.2 Å². The first-order valence-electron chi connectivity index (χ1n) is 6.29. The molecule has 0 fully saturated rings. The van der Waals surface area contributed by atoms with Gasteiger partial charge in [-0.2, -0.15) is 16.7 Å². The topological polar surface area (TPSA) is 87.1 Å². The Morgan fingerprint density at radius 2 is 2.30 bits per heavy atom. The van der Waals surface area contributed by atoms with Gasteiger partial charge in [0.05, 0.1) is 13.2 Å². The molecule has 2 aromatic rings. The molecule has 1 atom stereocenters. The molecule has 6 nitrogen and oxygen atoms in total. The molecule has 2 N–H and O–H groups in total. The van der Waals surface area contributed by atoms with Gasteiger partial charge in [0.15, 0.2) is 5.82 Å². The van der Waals surface area contributed by atoms with Crippen LogP contribution in [0.5, 0.6) is 5.88 Å². The minimum atomic E-state index is -0.197. The Morgan fingerprint density at radius 1 is 1.45 bits per heavy atom. The molecule has 0 spiro atoms. The lowest BCUT2D eigenvalue weighted by molar-refractivity contribution is 0.349. The number of aromatic nitrogens is 3. The number of ether oxygens (including phenoxy) is 1. The van der Waals surface area contributed by atoms with Crippen LogP contribution in [-0.2, 0) is 6.42 Å². The summed E-state index contributed by atoms with van der Waals surface area (Å²) in [4.78, 5) is 8.47. The average Bonchev–Trinajstić information content (AvgIpc) is 2.94. The van der Waals surface area contributed by atoms with Gasteiger partial charge < -0.3 is 15.0 Å². The molecule has 0 saturated heterocycles. The maximum atomic E-state index is 5.99. The molecular weight excluding hydrogens is 276 g/mol. The van der Waals surface area contributed by atoms with Crippen LogP contribution < -0.4 is 10.5 Å². The largest absolute Gasteiger partial charge is 0.481 e. The number of rotatable bonds is 7. The van der Waals surface area contributed by atoms with Crippen molar-refractivity contribution in [2.45, 2.75) is 18.9 Å². The Morgan fingerprint density at radius 3 is 2.95 bits per heavy atom. The van der Waals surface area contributed by atoms with Crippen molar-refractivity contribution < 1.29 is 9.26 Å². The molecule has 0 aromatic carbocycles. The molecule has 0 bridgehead atoms. The number of pyridine rings is 1. The van der Waals surface area contributed by atoms with Gasteiger partial charge in [-0.25, -0.2) is 4.98 Å². The lowest BCUT2D eigenvalue weighted by atomic mass is 10.2. The third-order valence-corrected chi connectivity index (χ3v) is 3.45. The molecule has 0 unspecified atom stereocenters. The van der Waals surface area contributed by atoms with Crippen LogP contribution >= 0.6 is 11.8 Å². The zero-order chi connectivity index (χ0) is 14.4. The van der Waals surface area contributed by atoms with Crippen molar-refractivity contribution >= 4 is 11.8 Å². The molecule has 2 heterocycles. The smallest absolute Gasteiger partial charge is 0.243 e.